The Morgan fingerprint density at radius 2 is 1.79 bits per heavy atom. The molecule has 0 bridgehead atoms. The highest BCUT2D eigenvalue weighted by Gasteiger charge is 2.14. The molecule has 1 atom stereocenters. The quantitative estimate of drug-likeness (QED) is 0.671. The maximum absolute atomic E-state index is 12.1. The Labute approximate surface area is 143 Å². The van der Waals surface area contributed by atoms with E-state index in [1.807, 2.05) is 58.0 Å². The molecule has 0 fully saturated rings. The van der Waals surface area contributed by atoms with Gasteiger partial charge in [0.15, 0.2) is 6.10 Å². The number of ether oxygens (including phenoxy) is 1. The maximum atomic E-state index is 12.1. The van der Waals surface area contributed by atoms with Crippen LogP contribution in [0.4, 0.5) is 0 Å². The van der Waals surface area contributed by atoms with Crippen LogP contribution in [-0.4, -0.2) is 18.2 Å². The van der Waals surface area contributed by atoms with Crippen molar-refractivity contribution in [2.24, 2.45) is 5.10 Å². The van der Waals surface area contributed by atoms with Gasteiger partial charge in [0.2, 0.25) is 0 Å². The van der Waals surface area contributed by atoms with Crippen molar-refractivity contribution in [1.29, 1.82) is 0 Å². The highest BCUT2D eigenvalue weighted by Crippen LogP contribution is 2.17. The summed E-state index contributed by atoms with van der Waals surface area (Å²) in [5.41, 5.74) is 8.14. The zero-order chi connectivity index (χ0) is 17.7. The summed E-state index contributed by atoms with van der Waals surface area (Å²) in [5.74, 6) is 0.397. The van der Waals surface area contributed by atoms with Crippen molar-refractivity contribution in [2.45, 2.75) is 40.7 Å². The summed E-state index contributed by atoms with van der Waals surface area (Å²) >= 11 is 0. The Morgan fingerprint density at radius 3 is 2.46 bits per heavy atom. The molecule has 0 aliphatic heterocycles. The standard InChI is InChI=1S/C20H24N2O2/c1-13-6-8-18(16(4)10-13)12-21-22-20(23)17(5)24-19-9-7-14(2)15(3)11-19/h6-12,17H,1-5H3,(H,22,23)/b21-12+. The number of aryl methyl sites for hydroxylation is 4. The first-order valence-corrected chi connectivity index (χ1v) is 8.01. The van der Waals surface area contributed by atoms with E-state index >= 15 is 0 Å². The normalized spacial score (nSPS) is 12.2. The summed E-state index contributed by atoms with van der Waals surface area (Å²) in [5, 5.41) is 4.02. The lowest BCUT2D eigenvalue weighted by Gasteiger charge is -2.14. The second-order valence-corrected chi connectivity index (χ2v) is 6.10. The first kappa shape index (κ1) is 17.7. The lowest BCUT2D eigenvalue weighted by Crippen LogP contribution is -2.33. The summed E-state index contributed by atoms with van der Waals surface area (Å²) in [4.78, 5) is 12.1. The highest BCUT2D eigenvalue weighted by atomic mass is 16.5. The van der Waals surface area contributed by atoms with E-state index in [-0.39, 0.29) is 5.91 Å². The van der Waals surface area contributed by atoms with Crippen LogP contribution in [0.2, 0.25) is 0 Å². The Morgan fingerprint density at radius 1 is 1.04 bits per heavy atom. The predicted molar refractivity (Wildman–Crippen MR) is 97.7 cm³/mol. The average molecular weight is 324 g/mol. The highest BCUT2D eigenvalue weighted by molar-refractivity contribution is 5.85. The fourth-order valence-electron chi connectivity index (χ4n) is 2.27. The summed E-state index contributed by atoms with van der Waals surface area (Å²) < 4.78 is 5.67. The molecule has 0 saturated carbocycles. The van der Waals surface area contributed by atoms with E-state index < -0.39 is 6.10 Å². The zero-order valence-corrected chi connectivity index (χ0v) is 14.9. The molecule has 0 aromatic heterocycles. The molecule has 2 rings (SSSR count). The predicted octanol–water partition coefficient (Wildman–Crippen LogP) is 3.84. The molecule has 2 aromatic rings. The van der Waals surface area contributed by atoms with Gasteiger partial charge in [-0.2, -0.15) is 5.10 Å². The van der Waals surface area contributed by atoms with Crippen molar-refractivity contribution in [2.75, 3.05) is 0 Å². The monoisotopic (exact) mass is 324 g/mol. The van der Waals surface area contributed by atoms with Crippen LogP contribution in [0.15, 0.2) is 41.5 Å². The van der Waals surface area contributed by atoms with Gasteiger partial charge < -0.3 is 4.74 Å². The van der Waals surface area contributed by atoms with Crippen LogP contribution in [0.5, 0.6) is 5.75 Å². The van der Waals surface area contributed by atoms with Crippen molar-refractivity contribution >= 4 is 12.1 Å². The van der Waals surface area contributed by atoms with Crippen LogP contribution < -0.4 is 10.2 Å². The molecule has 1 amide bonds. The van der Waals surface area contributed by atoms with Crippen LogP contribution in [0.25, 0.3) is 0 Å². The average Bonchev–Trinajstić information content (AvgIpc) is 2.53. The van der Waals surface area contributed by atoms with E-state index in [0.29, 0.717) is 5.75 Å². The molecule has 4 heteroatoms. The van der Waals surface area contributed by atoms with Crippen LogP contribution >= 0.6 is 0 Å². The van der Waals surface area contributed by atoms with Gasteiger partial charge in [-0.15, -0.1) is 0 Å². The molecule has 1 N–H and O–H groups in total. The molecule has 0 spiro atoms. The first-order chi connectivity index (χ1) is 11.4. The van der Waals surface area contributed by atoms with E-state index in [2.05, 4.69) is 16.6 Å². The number of amides is 1. The lowest BCUT2D eigenvalue weighted by atomic mass is 10.1. The van der Waals surface area contributed by atoms with E-state index in [1.54, 1.807) is 13.1 Å². The van der Waals surface area contributed by atoms with Crippen LogP contribution in [0.1, 0.15) is 34.7 Å². The minimum Gasteiger partial charge on any atom is -0.481 e. The molecule has 1 unspecified atom stereocenters. The topological polar surface area (TPSA) is 50.7 Å². The molecule has 0 aliphatic rings. The molecule has 0 radical (unpaired) electrons. The van der Waals surface area contributed by atoms with Gasteiger partial charge in [0.1, 0.15) is 5.75 Å². The summed E-state index contributed by atoms with van der Waals surface area (Å²) in [6, 6.07) is 11.8. The third kappa shape index (κ3) is 4.69. The summed E-state index contributed by atoms with van der Waals surface area (Å²) in [6.07, 6.45) is 1.03. The van der Waals surface area contributed by atoms with E-state index in [9.17, 15) is 4.79 Å². The molecule has 24 heavy (non-hydrogen) atoms. The summed E-state index contributed by atoms with van der Waals surface area (Å²) in [7, 11) is 0. The smallest absolute Gasteiger partial charge is 0.280 e. The molecular weight excluding hydrogens is 300 g/mol. The van der Waals surface area contributed by atoms with Gasteiger partial charge in [-0.1, -0.05) is 29.8 Å². The van der Waals surface area contributed by atoms with Gasteiger partial charge in [0.05, 0.1) is 6.21 Å². The largest absolute Gasteiger partial charge is 0.481 e. The van der Waals surface area contributed by atoms with Gasteiger partial charge >= 0.3 is 0 Å². The Balaban J connectivity index is 1.93. The van der Waals surface area contributed by atoms with Crippen molar-refractivity contribution < 1.29 is 9.53 Å². The van der Waals surface area contributed by atoms with Gasteiger partial charge in [0.25, 0.3) is 5.91 Å². The molecule has 0 aliphatic carbocycles. The minimum atomic E-state index is -0.622. The number of hydrazone groups is 1. The van der Waals surface area contributed by atoms with Crippen molar-refractivity contribution in [3.05, 3.63) is 64.2 Å². The molecule has 0 saturated heterocycles. The second kappa shape index (κ2) is 7.77. The SMILES string of the molecule is Cc1ccc(/C=N/NC(=O)C(C)Oc2ccc(C)c(C)c2)c(C)c1. The zero-order valence-electron chi connectivity index (χ0n) is 14.9. The van der Waals surface area contributed by atoms with Crippen LogP contribution in [0, 0.1) is 27.7 Å². The van der Waals surface area contributed by atoms with Gasteiger partial charge in [-0.3, -0.25) is 4.79 Å². The Bertz CT molecular complexity index is 766. The fraction of sp³-hybridized carbons (Fsp3) is 0.300. The maximum Gasteiger partial charge on any atom is 0.280 e. The van der Waals surface area contributed by atoms with Crippen molar-refractivity contribution in [3.8, 4) is 5.75 Å². The minimum absolute atomic E-state index is 0.283. The fourth-order valence-corrected chi connectivity index (χ4v) is 2.27. The number of nitrogens with zero attached hydrogens (tertiary/aromatic N) is 1. The summed E-state index contributed by atoms with van der Waals surface area (Å²) in [6.45, 7) is 9.82. The molecule has 4 nitrogen and oxygen atoms in total. The van der Waals surface area contributed by atoms with Crippen molar-refractivity contribution in [3.63, 3.8) is 0 Å². The van der Waals surface area contributed by atoms with Gasteiger partial charge in [0, 0.05) is 0 Å². The first-order valence-electron chi connectivity index (χ1n) is 8.01. The number of hydrogen-bond donors (Lipinski definition) is 1. The third-order valence-electron chi connectivity index (χ3n) is 3.96. The number of hydrogen-bond acceptors (Lipinski definition) is 3. The second-order valence-electron chi connectivity index (χ2n) is 6.10. The Kier molecular flexibility index (Phi) is 5.74. The van der Waals surface area contributed by atoms with Gasteiger partial charge in [-0.05, 0) is 69.0 Å². The number of carbonyl (C=O) groups excluding carboxylic acids is 1. The molecular formula is C20H24N2O2. The number of nitrogens with one attached hydrogen (secondary N) is 1. The van der Waals surface area contributed by atoms with E-state index in [1.165, 1.54) is 11.1 Å². The van der Waals surface area contributed by atoms with E-state index in [4.69, 9.17) is 4.74 Å². The molecule has 0 heterocycles. The van der Waals surface area contributed by atoms with Crippen molar-refractivity contribution in [1.82, 2.24) is 5.43 Å². The number of carbonyl (C=O) groups is 1. The van der Waals surface area contributed by atoms with Crippen LogP contribution in [-0.2, 0) is 4.79 Å². The molecule has 126 valence electrons. The van der Waals surface area contributed by atoms with Gasteiger partial charge in [-0.25, -0.2) is 5.43 Å². The molecule has 2 aromatic carbocycles. The number of benzene rings is 2. The lowest BCUT2D eigenvalue weighted by molar-refractivity contribution is -0.127. The van der Waals surface area contributed by atoms with Crippen LogP contribution in [0.3, 0.4) is 0 Å². The third-order valence-corrected chi connectivity index (χ3v) is 3.96. The van der Waals surface area contributed by atoms with E-state index in [0.717, 1.165) is 16.7 Å². The Hall–Kier alpha value is -2.62. The number of rotatable bonds is 5.